The van der Waals surface area contributed by atoms with E-state index in [4.69, 9.17) is 4.74 Å². The van der Waals surface area contributed by atoms with E-state index in [-0.39, 0.29) is 5.91 Å². The van der Waals surface area contributed by atoms with Gasteiger partial charge in [0.05, 0.1) is 7.11 Å². The molecule has 0 bridgehead atoms. The van der Waals surface area contributed by atoms with Crippen LogP contribution in [0.25, 0.3) is 6.08 Å². The topological polar surface area (TPSA) is 51.2 Å². The summed E-state index contributed by atoms with van der Waals surface area (Å²) in [5.74, 6) is 0.637. The minimum Gasteiger partial charge on any atom is -0.496 e. The monoisotopic (exact) mass is 296 g/mol. The summed E-state index contributed by atoms with van der Waals surface area (Å²) in [6.45, 7) is 2.59. The number of rotatable bonds is 6. The van der Waals surface area contributed by atoms with Crippen LogP contribution in [0.15, 0.2) is 48.8 Å². The molecule has 1 aromatic carbocycles. The van der Waals surface area contributed by atoms with E-state index in [0.717, 1.165) is 28.9 Å². The standard InChI is InChI=1S/C18H20N2O2/c1-14-5-7-17(22-2)16(12-14)6-8-18(21)20-11-9-15-4-3-10-19-13-15/h3-8,10,12-13H,9,11H2,1-2H3,(H,20,21)/b8-6+. The van der Waals surface area contributed by atoms with Crippen LogP contribution in [0.1, 0.15) is 16.7 Å². The molecule has 114 valence electrons. The van der Waals surface area contributed by atoms with Crippen LogP contribution in [-0.2, 0) is 11.2 Å². The molecule has 0 fully saturated rings. The molecule has 1 amide bonds. The average molecular weight is 296 g/mol. The number of ether oxygens (including phenoxy) is 1. The number of aromatic nitrogens is 1. The molecule has 0 aliphatic rings. The van der Waals surface area contributed by atoms with Crippen molar-refractivity contribution in [3.05, 3.63) is 65.5 Å². The Bertz CT molecular complexity index is 651. The molecule has 1 N–H and O–H groups in total. The maximum Gasteiger partial charge on any atom is 0.244 e. The third-order valence-corrected chi connectivity index (χ3v) is 3.24. The average Bonchev–Trinajstić information content (AvgIpc) is 2.54. The van der Waals surface area contributed by atoms with Gasteiger partial charge >= 0.3 is 0 Å². The van der Waals surface area contributed by atoms with E-state index in [1.54, 1.807) is 25.6 Å². The van der Waals surface area contributed by atoms with Crippen LogP contribution in [-0.4, -0.2) is 24.5 Å². The Kier molecular flexibility index (Phi) is 5.72. The fourth-order valence-corrected chi connectivity index (χ4v) is 2.08. The zero-order valence-electron chi connectivity index (χ0n) is 12.9. The lowest BCUT2D eigenvalue weighted by Crippen LogP contribution is -2.23. The van der Waals surface area contributed by atoms with E-state index in [9.17, 15) is 4.79 Å². The number of benzene rings is 1. The van der Waals surface area contributed by atoms with Crippen molar-refractivity contribution in [2.75, 3.05) is 13.7 Å². The molecular formula is C18H20N2O2. The molecule has 4 nitrogen and oxygen atoms in total. The van der Waals surface area contributed by atoms with Gasteiger partial charge in [-0.2, -0.15) is 0 Å². The summed E-state index contributed by atoms with van der Waals surface area (Å²) >= 11 is 0. The highest BCUT2D eigenvalue weighted by Crippen LogP contribution is 2.20. The first-order valence-electron chi connectivity index (χ1n) is 7.18. The van der Waals surface area contributed by atoms with Crippen LogP contribution in [0.4, 0.5) is 0 Å². The number of aryl methyl sites for hydroxylation is 1. The highest BCUT2D eigenvalue weighted by atomic mass is 16.5. The van der Waals surface area contributed by atoms with Crippen molar-refractivity contribution >= 4 is 12.0 Å². The number of hydrogen-bond acceptors (Lipinski definition) is 3. The minimum absolute atomic E-state index is 0.118. The Balaban J connectivity index is 1.87. The first kappa shape index (κ1) is 15.8. The van der Waals surface area contributed by atoms with E-state index in [2.05, 4.69) is 10.3 Å². The molecule has 2 rings (SSSR count). The largest absolute Gasteiger partial charge is 0.496 e. The lowest BCUT2D eigenvalue weighted by atomic mass is 10.1. The van der Waals surface area contributed by atoms with Gasteiger partial charge in [-0.25, -0.2) is 0 Å². The van der Waals surface area contributed by atoms with E-state index in [1.807, 2.05) is 37.3 Å². The SMILES string of the molecule is COc1ccc(C)cc1/C=C/C(=O)NCCc1cccnc1. The first-order chi connectivity index (χ1) is 10.7. The van der Waals surface area contributed by atoms with Crippen LogP contribution in [0, 0.1) is 6.92 Å². The van der Waals surface area contributed by atoms with Crippen molar-refractivity contribution in [3.8, 4) is 5.75 Å². The molecule has 0 spiro atoms. The van der Waals surface area contributed by atoms with Crippen molar-refractivity contribution in [3.63, 3.8) is 0 Å². The van der Waals surface area contributed by atoms with Gasteiger partial charge in [-0.1, -0.05) is 17.7 Å². The quantitative estimate of drug-likeness (QED) is 0.834. The van der Waals surface area contributed by atoms with E-state index in [1.165, 1.54) is 6.08 Å². The predicted molar refractivity (Wildman–Crippen MR) is 87.7 cm³/mol. The Labute approximate surface area is 130 Å². The molecule has 0 aliphatic carbocycles. The molecular weight excluding hydrogens is 276 g/mol. The maximum absolute atomic E-state index is 11.8. The smallest absolute Gasteiger partial charge is 0.244 e. The summed E-state index contributed by atoms with van der Waals surface area (Å²) in [5, 5.41) is 2.86. The van der Waals surface area contributed by atoms with Crippen LogP contribution in [0.5, 0.6) is 5.75 Å². The lowest BCUT2D eigenvalue weighted by Gasteiger charge is -2.06. The van der Waals surface area contributed by atoms with E-state index >= 15 is 0 Å². The first-order valence-corrected chi connectivity index (χ1v) is 7.18. The highest BCUT2D eigenvalue weighted by molar-refractivity contribution is 5.92. The lowest BCUT2D eigenvalue weighted by molar-refractivity contribution is -0.116. The molecule has 22 heavy (non-hydrogen) atoms. The third kappa shape index (κ3) is 4.74. The molecule has 0 radical (unpaired) electrons. The number of hydrogen-bond donors (Lipinski definition) is 1. The summed E-state index contributed by atoms with van der Waals surface area (Å²) in [6.07, 6.45) is 7.60. The van der Waals surface area contributed by atoms with Crippen LogP contribution >= 0.6 is 0 Å². The zero-order chi connectivity index (χ0) is 15.8. The molecule has 4 heteroatoms. The van der Waals surface area contributed by atoms with Gasteiger partial charge in [-0.05, 0) is 43.2 Å². The van der Waals surface area contributed by atoms with Crippen molar-refractivity contribution in [1.82, 2.24) is 10.3 Å². The summed E-state index contributed by atoms with van der Waals surface area (Å²) in [5.41, 5.74) is 3.12. The van der Waals surface area contributed by atoms with Crippen molar-refractivity contribution in [2.45, 2.75) is 13.3 Å². The van der Waals surface area contributed by atoms with Crippen molar-refractivity contribution in [2.24, 2.45) is 0 Å². The normalized spacial score (nSPS) is 10.6. The highest BCUT2D eigenvalue weighted by Gasteiger charge is 2.01. The molecule has 0 saturated carbocycles. The van der Waals surface area contributed by atoms with Gasteiger partial charge in [0.15, 0.2) is 0 Å². The Hall–Kier alpha value is -2.62. The molecule has 0 atom stereocenters. The van der Waals surface area contributed by atoms with Gasteiger partial charge in [-0.3, -0.25) is 9.78 Å². The van der Waals surface area contributed by atoms with Gasteiger partial charge in [0.25, 0.3) is 0 Å². The zero-order valence-corrected chi connectivity index (χ0v) is 12.9. The van der Waals surface area contributed by atoms with Gasteiger partial charge in [0, 0.05) is 30.6 Å². The summed E-state index contributed by atoms with van der Waals surface area (Å²) in [7, 11) is 1.62. The van der Waals surface area contributed by atoms with E-state index < -0.39 is 0 Å². The van der Waals surface area contributed by atoms with Gasteiger partial charge in [0.1, 0.15) is 5.75 Å². The Morgan fingerprint density at radius 3 is 2.95 bits per heavy atom. The number of carbonyl (C=O) groups is 1. The number of carbonyl (C=O) groups excluding carboxylic acids is 1. The van der Waals surface area contributed by atoms with Crippen molar-refractivity contribution in [1.29, 1.82) is 0 Å². The second-order valence-corrected chi connectivity index (χ2v) is 4.98. The molecule has 0 unspecified atom stereocenters. The molecule has 2 aromatic rings. The van der Waals surface area contributed by atoms with Crippen LogP contribution < -0.4 is 10.1 Å². The number of methoxy groups -OCH3 is 1. The molecule has 1 heterocycles. The number of amides is 1. The van der Waals surface area contributed by atoms with Gasteiger partial charge < -0.3 is 10.1 Å². The summed E-state index contributed by atoms with van der Waals surface area (Å²) in [6, 6.07) is 9.74. The number of nitrogens with one attached hydrogen (secondary N) is 1. The third-order valence-electron chi connectivity index (χ3n) is 3.24. The minimum atomic E-state index is -0.118. The second-order valence-electron chi connectivity index (χ2n) is 4.98. The Morgan fingerprint density at radius 2 is 2.23 bits per heavy atom. The molecule has 0 aliphatic heterocycles. The van der Waals surface area contributed by atoms with Gasteiger partial charge in [0.2, 0.25) is 5.91 Å². The van der Waals surface area contributed by atoms with Gasteiger partial charge in [-0.15, -0.1) is 0 Å². The summed E-state index contributed by atoms with van der Waals surface area (Å²) in [4.78, 5) is 15.9. The van der Waals surface area contributed by atoms with Crippen LogP contribution in [0.2, 0.25) is 0 Å². The van der Waals surface area contributed by atoms with E-state index in [0.29, 0.717) is 6.54 Å². The second kappa shape index (κ2) is 7.98. The predicted octanol–water partition coefficient (Wildman–Crippen LogP) is 2.77. The summed E-state index contributed by atoms with van der Waals surface area (Å²) < 4.78 is 5.28. The van der Waals surface area contributed by atoms with Crippen molar-refractivity contribution < 1.29 is 9.53 Å². The molecule has 1 aromatic heterocycles. The van der Waals surface area contributed by atoms with Crippen LogP contribution in [0.3, 0.4) is 0 Å². The number of nitrogens with zero attached hydrogens (tertiary/aromatic N) is 1. The Morgan fingerprint density at radius 1 is 1.36 bits per heavy atom. The number of pyridine rings is 1. The maximum atomic E-state index is 11.8. The fraction of sp³-hybridized carbons (Fsp3) is 0.222. The fourth-order valence-electron chi connectivity index (χ4n) is 2.08. The molecule has 0 saturated heterocycles.